The van der Waals surface area contributed by atoms with Crippen molar-refractivity contribution in [3.05, 3.63) is 85.1 Å². The normalized spacial score (nSPS) is 25.1. The second-order valence-corrected chi connectivity index (χ2v) is 13.2. The quantitative estimate of drug-likeness (QED) is 0.166. The van der Waals surface area contributed by atoms with Gasteiger partial charge in [-0.2, -0.15) is 0 Å². The number of nitrogens with zero attached hydrogens (tertiary/aromatic N) is 2. The van der Waals surface area contributed by atoms with Gasteiger partial charge in [-0.25, -0.2) is 0 Å². The maximum Gasteiger partial charge on any atom is 0.0626 e. The number of aromatic nitrogens is 2. The summed E-state index contributed by atoms with van der Waals surface area (Å²) < 4.78 is 2.21. The molecule has 7 atom stereocenters. The average Bonchev–Trinajstić information content (AvgIpc) is 3.56. The van der Waals surface area contributed by atoms with Gasteiger partial charge in [-0.05, 0) is 78.3 Å². The zero-order chi connectivity index (χ0) is 31.1. The van der Waals surface area contributed by atoms with E-state index >= 15 is 0 Å². The van der Waals surface area contributed by atoms with E-state index in [1.807, 2.05) is 48.7 Å². The van der Waals surface area contributed by atoms with E-state index in [2.05, 4.69) is 73.6 Å². The van der Waals surface area contributed by atoms with E-state index < -0.39 is 0 Å². The Morgan fingerprint density at radius 3 is 2.13 bits per heavy atom. The third-order valence-corrected chi connectivity index (χ3v) is 10.9. The molecule has 0 saturated heterocycles. The molecule has 0 amide bonds. The molecule has 5 unspecified atom stereocenters. The van der Waals surface area contributed by atoms with E-state index in [1.165, 1.54) is 32.1 Å². The molecule has 5 heteroatoms. The minimum atomic E-state index is -0.284. The van der Waals surface area contributed by atoms with Crippen LogP contribution >= 0.6 is 0 Å². The number of aliphatic hydroxyl groups excluding tert-OH is 2. The number of fused-ring (bicyclic) bond motifs is 2. The molecule has 2 aliphatic rings. The fourth-order valence-corrected chi connectivity index (χ4v) is 8.65. The Kier molecular flexibility index (Phi) is 13.4. The van der Waals surface area contributed by atoms with Crippen LogP contribution in [-0.2, 0) is 20.1 Å². The molecule has 45 heavy (non-hydrogen) atoms. The van der Waals surface area contributed by atoms with Gasteiger partial charge in [-0.15, -0.1) is 23.6 Å². The van der Waals surface area contributed by atoms with Gasteiger partial charge in [0.15, 0.2) is 0 Å². The predicted molar refractivity (Wildman–Crippen MR) is 183 cm³/mol. The Labute approximate surface area is 285 Å². The molecule has 0 spiro atoms. The van der Waals surface area contributed by atoms with Crippen LogP contribution in [-0.4, -0.2) is 32.0 Å². The molecule has 4 aromatic rings. The van der Waals surface area contributed by atoms with Crippen LogP contribution in [0.15, 0.2) is 79.0 Å². The molecule has 2 heterocycles. The fraction of sp³-hybridized carbons (Fsp3) is 0.525. The van der Waals surface area contributed by atoms with Crippen molar-refractivity contribution in [1.29, 1.82) is 0 Å². The molecule has 2 fully saturated rings. The van der Waals surface area contributed by atoms with Crippen molar-refractivity contribution in [3.63, 3.8) is 0 Å². The molecule has 2 N–H and O–H groups in total. The first kappa shape index (κ1) is 35.6. The molecule has 4 nitrogen and oxygen atoms in total. The van der Waals surface area contributed by atoms with Gasteiger partial charge in [0.25, 0.3) is 0 Å². The Morgan fingerprint density at radius 1 is 0.800 bits per heavy atom. The predicted octanol–water partition coefficient (Wildman–Crippen LogP) is 9.51. The Balaban J connectivity index is 0.000000201. The van der Waals surface area contributed by atoms with Gasteiger partial charge >= 0.3 is 0 Å². The van der Waals surface area contributed by atoms with E-state index in [1.54, 1.807) is 0 Å². The summed E-state index contributed by atoms with van der Waals surface area (Å²) in [6.07, 6.45) is 11.9. The van der Waals surface area contributed by atoms with Crippen molar-refractivity contribution >= 4 is 10.9 Å². The number of hydrogen-bond acceptors (Lipinski definition) is 3. The summed E-state index contributed by atoms with van der Waals surface area (Å²) >= 11 is 0. The van der Waals surface area contributed by atoms with Crippen molar-refractivity contribution in [1.82, 2.24) is 9.55 Å². The van der Waals surface area contributed by atoms with Gasteiger partial charge in [0.2, 0.25) is 0 Å². The first-order valence-corrected chi connectivity index (χ1v) is 17.4. The van der Waals surface area contributed by atoms with Gasteiger partial charge in [0, 0.05) is 43.6 Å². The van der Waals surface area contributed by atoms with Crippen LogP contribution in [0.1, 0.15) is 85.5 Å². The topological polar surface area (TPSA) is 58.3 Å². The summed E-state index contributed by atoms with van der Waals surface area (Å²) in [7, 11) is 0. The minimum absolute atomic E-state index is 0. The van der Waals surface area contributed by atoms with Crippen LogP contribution < -0.4 is 0 Å². The van der Waals surface area contributed by atoms with E-state index in [9.17, 15) is 10.2 Å². The summed E-state index contributed by atoms with van der Waals surface area (Å²) in [5.41, 5.74) is 4.18. The molecular formula is C40H53IrN2O2-. The third-order valence-electron chi connectivity index (χ3n) is 10.9. The smallest absolute Gasteiger partial charge is 0.0626 e. The molecule has 245 valence electrons. The second kappa shape index (κ2) is 17.0. The first-order valence-electron chi connectivity index (χ1n) is 17.4. The molecule has 6 rings (SSSR count). The molecule has 2 aromatic carbocycles. The van der Waals surface area contributed by atoms with Crippen LogP contribution in [0.3, 0.4) is 0 Å². The van der Waals surface area contributed by atoms with Crippen molar-refractivity contribution < 1.29 is 30.3 Å². The number of benzene rings is 2. The fourth-order valence-electron chi connectivity index (χ4n) is 8.65. The van der Waals surface area contributed by atoms with Crippen molar-refractivity contribution in [2.45, 2.75) is 97.7 Å². The van der Waals surface area contributed by atoms with Crippen molar-refractivity contribution in [3.8, 4) is 17.1 Å². The van der Waals surface area contributed by atoms with Gasteiger partial charge in [0.05, 0.1) is 12.2 Å². The van der Waals surface area contributed by atoms with E-state index in [4.69, 9.17) is 0 Å². The van der Waals surface area contributed by atoms with Crippen molar-refractivity contribution in [2.75, 3.05) is 0 Å². The maximum atomic E-state index is 11.2. The molecule has 2 aromatic heterocycles. The van der Waals surface area contributed by atoms with Gasteiger partial charge in [-0.3, -0.25) is 0 Å². The zero-order valence-electron chi connectivity index (χ0n) is 27.6. The maximum absolute atomic E-state index is 11.2. The zero-order valence-corrected chi connectivity index (χ0v) is 30.0. The largest absolute Gasteiger partial charge is 0.392 e. The number of hydrogen-bond donors (Lipinski definition) is 2. The number of rotatable bonds is 9. The van der Waals surface area contributed by atoms with E-state index in [-0.39, 0.29) is 38.2 Å². The SMILES string of the molecule is CCCC(CC)[C@H]1CCCC2C[C@@H](C(CC)CC)C(O)C2C1O.[Ir].[c-]1c(-c2ccccn2)n(-c2ccccc2)c2ccccc12. The van der Waals surface area contributed by atoms with E-state index in [0.717, 1.165) is 53.7 Å². The van der Waals surface area contributed by atoms with Crippen LogP contribution in [0.4, 0.5) is 0 Å². The standard InChI is InChI=1S/C21H40O2.C19H13N2.Ir/c1-5-10-15(8-4)17-12-9-11-16-13-18(14(6-2)7-3)21(23)19(16)20(17)22;1-2-9-16(10-3-1)21-18-12-5-4-8-15(18)14-19(21)17-11-6-7-13-20-17;/h14-23H,5-13H2,1-4H3;1-13H;/q;-1;/t15?,16?,17-,18+,19?,20?,21?;;/m1../s1. The van der Waals surface area contributed by atoms with Crippen LogP contribution in [0.2, 0.25) is 0 Å². The van der Waals surface area contributed by atoms with Crippen molar-refractivity contribution in [2.24, 2.45) is 35.5 Å². The average molecular weight is 786 g/mol. The molecular weight excluding hydrogens is 733 g/mol. The first-order chi connectivity index (χ1) is 21.5. The number of pyridine rings is 1. The Hall–Kier alpha value is -2.30. The van der Waals surface area contributed by atoms with Crippen LogP contribution in [0.25, 0.3) is 28.0 Å². The molecule has 2 aliphatic carbocycles. The Bertz CT molecular complexity index is 1420. The molecule has 1 radical (unpaired) electrons. The molecule has 2 saturated carbocycles. The number of para-hydroxylation sites is 2. The summed E-state index contributed by atoms with van der Waals surface area (Å²) in [5.74, 6) is 2.77. The van der Waals surface area contributed by atoms with Gasteiger partial charge in [-0.1, -0.05) is 109 Å². The van der Waals surface area contributed by atoms with Crippen LogP contribution in [0.5, 0.6) is 0 Å². The summed E-state index contributed by atoms with van der Waals surface area (Å²) in [6.45, 7) is 9.03. The summed E-state index contributed by atoms with van der Waals surface area (Å²) in [5, 5.41) is 23.4. The number of aliphatic hydroxyl groups is 2. The summed E-state index contributed by atoms with van der Waals surface area (Å²) in [6, 6.07) is 28.1. The van der Waals surface area contributed by atoms with Crippen LogP contribution in [0, 0.1) is 41.6 Å². The Morgan fingerprint density at radius 2 is 1.47 bits per heavy atom. The second-order valence-electron chi connectivity index (χ2n) is 13.2. The third kappa shape index (κ3) is 7.82. The van der Waals surface area contributed by atoms with E-state index in [0.29, 0.717) is 29.6 Å². The monoisotopic (exact) mass is 786 g/mol. The molecule has 0 bridgehead atoms. The minimum Gasteiger partial charge on any atom is -0.392 e. The van der Waals surface area contributed by atoms with Gasteiger partial charge < -0.3 is 19.8 Å². The molecule has 0 aliphatic heterocycles. The summed E-state index contributed by atoms with van der Waals surface area (Å²) in [4.78, 5) is 4.48. The van der Waals surface area contributed by atoms with Gasteiger partial charge in [0.1, 0.15) is 0 Å².